The lowest BCUT2D eigenvalue weighted by Gasteiger charge is -2.04. The van der Waals surface area contributed by atoms with Gasteiger partial charge in [0.1, 0.15) is 0 Å². The number of aromatic nitrogens is 4. The summed E-state index contributed by atoms with van der Waals surface area (Å²) in [4.78, 5) is 11.0. The van der Waals surface area contributed by atoms with Crippen LogP contribution in [0.1, 0.15) is 12.2 Å². The zero-order chi connectivity index (χ0) is 14.4. The number of carbonyl (C=O) groups is 1. The van der Waals surface area contributed by atoms with E-state index >= 15 is 0 Å². The predicted octanol–water partition coefficient (Wildman–Crippen LogP) is 2.11. The minimum atomic E-state index is -0.213. The highest BCUT2D eigenvalue weighted by molar-refractivity contribution is 7.98. The van der Waals surface area contributed by atoms with Crippen LogP contribution in [0.3, 0.4) is 0 Å². The predicted molar refractivity (Wildman–Crippen MR) is 77.0 cm³/mol. The van der Waals surface area contributed by atoms with E-state index in [0.717, 1.165) is 11.5 Å². The normalized spacial score (nSPS) is 10.5. The van der Waals surface area contributed by atoms with Crippen molar-refractivity contribution in [1.29, 1.82) is 0 Å². The lowest BCUT2D eigenvalue weighted by molar-refractivity contribution is -0.140. The Morgan fingerprint density at radius 1 is 1.40 bits per heavy atom. The number of rotatable bonds is 6. The molecule has 0 atom stereocenters. The van der Waals surface area contributed by atoms with Gasteiger partial charge in [0, 0.05) is 10.8 Å². The van der Waals surface area contributed by atoms with Crippen molar-refractivity contribution >= 4 is 29.3 Å². The minimum Gasteiger partial charge on any atom is -0.469 e. The quantitative estimate of drug-likeness (QED) is 0.601. The second kappa shape index (κ2) is 7.25. The first-order valence-corrected chi connectivity index (χ1v) is 7.41. The molecule has 6 nitrogen and oxygen atoms in total. The van der Waals surface area contributed by atoms with Crippen LogP contribution in [0.15, 0.2) is 24.3 Å². The molecule has 2 aromatic rings. The second-order valence-corrected chi connectivity index (χ2v) is 5.40. The highest BCUT2D eigenvalue weighted by Gasteiger charge is 2.09. The lowest BCUT2D eigenvalue weighted by atomic mass is 10.3. The van der Waals surface area contributed by atoms with Crippen LogP contribution in [0.5, 0.6) is 0 Å². The van der Waals surface area contributed by atoms with E-state index in [9.17, 15) is 4.79 Å². The molecule has 1 aromatic carbocycles. The van der Waals surface area contributed by atoms with Gasteiger partial charge in [-0.05, 0) is 34.7 Å². The number of halogens is 1. The SMILES string of the molecule is COC(=O)CCSCc1nnnn1-c1ccc(Cl)cc1. The smallest absolute Gasteiger partial charge is 0.306 e. The number of ether oxygens (including phenoxy) is 1. The molecule has 2 rings (SSSR count). The minimum absolute atomic E-state index is 0.213. The number of methoxy groups -OCH3 is 1. The number of hydrogen-bond donors (Lipinski definition) is 0. The van der Waals surface area contributed by atoms with Crippen LogP contribution in [0.2, 0.25) is 5.02 Å². The largest absolute Gasteiger partial charge is 0.469 e. The number of carbonyl (C=O) groups excluding carboxylic acids is 1. The van der Waals surface area contributed by atoms with Crippen molar-refractivity contribution in [3.63, 3.8) is 0 Å². The summed E-state index contributed by atoms with van der Waals surface area (Å²) in [5, 5.41) is 12.3. The van der Waals surface area contributed by atoms with Crippen LogP contribution >= 0.6 is 23.4 Å². The van der Waals surface area contributed by atoms with Gasteiger partial charge in [0.25, 0.3) is 0 Å². The fourth-order valence-corrected chi connectivity index (χ4v) is 2.44. The maximum Gasteiger partial charge on any atom is 0.306 e. The monoisotopic (exact) mass is 312 g/mol. The van der Waals surface area contributed by atoms with Gasteiger partial charge in [-0.1, -0.05) is 11.6 Å². The van der Waals surface area contributed by atoms with Gasteiger partial charge in [-0.3, -0.25) is 4.79 Å². The average Bonchev–Trinajstić information content (AvgIpc) is 2.92. The van der Waals surface area contributed by atoms with Crippen LogP contribution in [-0.2, 0) is 15.3 Å². The van der Waals surface area contributed by atoms with E-state index in [1.807, 2.05) is 12.1 Å². The van der Waals surface area contributed by atoms with Gasteiger partial charge < -0.3 is 4.74 Å². The molecule has 8 heteroatoms. The molecule has 0 fully saturated rings. The molecule has 0 spiro atoms. The molecule has 106 valence electrons. The van der Waals surface area contributed by atoms with Gasteiger partial charge in [0.15, 0.2) is 5.82 Å². The molecule has 0 N–H and O–H groups in total. The Labute approximate surface area is 125 Å². The Kier molecular flexibility index (Phi) is 5.37. The summed E-state index contributed by atoms with van der Waals surface area (Å²) in [6.07, 6.45) is 0.379. The van der Waals surface area contributed by atoms with E-state index in [2.05, 4.69) is 20.3 Å². The van der Waals surface area contributed by atoms with Gasteiger partial charge in [0.05, 0.1) is 25.0 Å². The average molecular weight is 313 g/mol. The van der Waals surface area contributed by atoms with Gasteiger partial charge in [-0.25, -0.2) is 0 Å². The molecular weight excluding hydrogens is 300 g/mol. The van der Waals surface area contributed by atoms with Crippen molar-refractivity contribution in [1.82, 2.24) is 20.2 Å². The topological polar surface area (TPSA) is 69.9 Å². The lowest BCUT2D eigenvalue weighted by Crippen LogP contribution is -2.04. The second-order valence-electron chi connectivity index (χ2n) is 3.86. The Bertz CT molecular complexity index is 573. The summed E-state index contributed by atoms with van der Waals surface area (Å²) in [6.45, 7) is 0. The Balaban J connectivity index is 1.95. The van der Waals surface area contributed by atoms with Gasteiger partial charge in [-0.2, -0.15) is 16.4 Å². The van der Waals surface area contributed by atoms with Crippen LogP contribution < -0.4 is 0 Å². The molecular formula is C12H13ClN4O2S. The first-order chi connectivity index (χ1) is 9.70. The molecule has 0 amide bonds. The summed E-state index contributed by atoms with van der Waals surface area (Å²) in [7, 11) is 1.38. The number of tetrazole rings is 1. The molecule has 0 radical (unpaired) electrons. The fraction of sp³-hybridized carbons (Fsp3) is 0.333. The van der Waals surface area contributed by atoms with Crippen LogP contribution in [0, 0.1) is 0 Å². The van der Waals surface area contributed by atoms with Crippen molar-refractivity contribution in [2.45, 2.75) is 12.2 Å². The first-order valence-electron chi connectivity index (χ1n) is 5.88. The number of esters is 1. The summed E-state index contributed by atoms with van der Waals surface area (Å²) >= 11 is 7.43. The third-order valence-electron chi connectivity index (χ3n) is 2.51. The van der Waals surface area contributed by atoms with Crippen molar-refractivity contribution in [3.05, 3.63) is 35.1 Å². The van der Waals surface area contributed by atoms with Crippen molar-refractivity contribution in [2.75, 3.05) is 12.9 Å². The van der Waals surface area contributed by atoms with E-state index in [4.69, 9.17) is 11.6 Å². The van der Waals surface area contributed by atoms with Gasteiger partial charge >= 0.3 is 5.97 Å². The van der Waals surface area contributed by atoms with Crippen molar-refractivity contribution in [3.8, 4) is 5.69 Å². The molecule has 20 heavy (non-hydrogen) atoms. The Morgan fingerprint density at radius 3 is 2.85 bits per heavy atom. The Morgan fingerprint density at radius 2 is 2.15 bits per heavy atom. The van der Waals surface area contributed by atoms with E-state index in [0.29, 0.717) is 22.9 Å². The highest BCUT2D eigenvalue weighted by Crippen LogP contribution is 2.16. The summed E-state index contributed by atoms with van der Waals surface area (Å²) in [6, 6.07) is 7.27. The summed E-state index contributed by atoms with van der Waals surface area (Å²) in [5.74, 6) is 1.80. The molecule has 0 aliphatic carbocycles. The molecule has 0 aliphatic heterocycles. The number of benzene rings is 1. The van der Waals surface area contributed by atoms with Crippen molar-refractivity contribution in [2.24, 2.45) is 0 Å². The van der Waals surface area contributed by atoms with E-state index in [1.54, 1.807) is 28.6 Å². The standard InChI is InChI=1S/C12H13ClN4O2S/c1-19-12(18)6-7-20-8-11-14-15-16-17(11)10-4-2-9(13)3-5-10/h2-5H,6-8H2,1H3. The molecule has 1 heterocycles. The van der Waals surface area contributed by atoms with E-state index in [-0.39, 0.29) is 5.97 Å². The molecule has 0 unspecified atom stereocenters. The van der Waals surface area contributed by atoms with Crippen molar-refractivity contribution < 1.29 is 9.53 Å². The maximum atomic E-state index is 11.0. The Hall–Kier alpha value is -1.60. The zero-order valence-electron chi connectivity index (χ0n) is 10.8. The van der Waals surface area contributed by atoms with E-state index < -0.39 is 0 Å². The maximum absolute atomic E-state index is 11.0. The molecule has 0 bridgehead atoms. The fourth-order valence-electron chi connectivity index (χ4n) is 1.50. The van der Waals surface area contributed by atoms with Gasteiger partial charge in [0.2, 0.25) is 0 Å². The number of nitrogens with zero attached hydrogens (tertiary/aromatic N) is 4. The highest BCUT2D eigenvalue weighted by atomic mass is 35.5. The molecule has 1 aromatic heterocycles. The third-order valence-corrected chi connectivity index (χ3v) is 3.72. The zero-order valence-corrected chi connectivity index (χ0v) is 12.4. The van der Waals surface area contributed by atoms with Crippen LogP contribution in [0.4, 0.5) is 0 Å². The van der Waals surface area contributed by atoms with E-state index in [1.165, 1.54) is 7.11 Å². The van der Waals surface area contributed by atoms with Crippen LogP contribution in [0.25, 0.3) is 5.69 Å². The first kappa shape index (κ1) is 14.8. The van der Waals surface area contributed by atoms with Crippen LogP contribution in [-0.4, -0.2) is 39.0 Å². The number of thioether (sulfide) groups is 1. The summed E-state index contributed by atoms with van der Waals surface area (Å²) in [5.41, 5.74) is 0.850. The number of hydrogen-bond acceptors (Lipinski definition) is 6. The van der Waals surface area contributed by atoms with Gasteiger partial charge in [-0.15, -0.1) is 5.10 Å². The molecule has 0 saturated carbocycles. The third kappa shape index (κ3) is 3.94. The molecule has 0 aliphatic rings. The molecule has 0 saturated heterocycles. The summed E-state index contributed by atoms with van der Waals surface area (Å²) < 4.78 is 6.24.